The molecule has 86 valence electrons. The number of nitrogens with zero attached hydrogens (tertiary/aromatic N) is 1. The van der Waals surface area contributed by atoms with Crippen LogP contribution in [0.25, 0.3) is 0 Å². The lowest BCUT2D eigenvalue weighted by Gasteiger charge is -2.21. The van der Waals surface area contributed by atoms with Crippen molar-refractivity contribution in [3.05, 3.63) is 42.2 Å². The van der Waals surface area contributed by atoms with Gasteiger partial charge in [-0.3, -0.25) is 0 Å². The van der Waals surface area contributed by atoms with Crippen LogP contribution >= 0.6 is 0 Å². The van der Waals surface area contributed by atoms with E-state index in [0.29, 0.717) is 6.54 Å². The van der Waals surface area contributed by atoms with Gasteiger partial charge in [0.05, 0.1) is 0 Å². The number of benzene rings is 1. The molecular formula is C12H14FNO2. The number of carboxylic acid groups (broad SMARTS) is 1. The molecule has 0 aliphatic carbocycles. The minimum atomic E-state index is -0.963. The molecule has 0 radical (unpaired) electrons. The first-order valence-corrected chi connectivity index (χ1v) is 5.03. The summed E-state index contributed by atoms with van der Waals surface area (Å²) in [6, 6.07) is 6.12. The third-order valence-corrected chi connectivity index (χ3v) is 2.16. The number of hydrogen-bond donors (Lipinski definition) is 1. The van der Waals surface area contributed by atoms with Gasteiger partial charge < -0.3 is 10.0 Å². The topological polar surface area (TPSA) is 40.5 Å². The Morgan fingerprint density at radius 1 is 1.44 bits per heavy atom. The Hall–Kier alpha value is -1.84. The Balaban J connectivity index is 2.67. The van der Waals surface area contributed by atoms with Crippen LogP contribution in [0, 0.1) is 5.82 Å². The van der Waals surface area contributed by atoms with E-state index in [1.165, 1.54) is 12.1 Å². The molecule has 4 heteroatoms. The second-order valence-corrected chi connectivity index (χ2v) is 3.26. The molecule has 1 aromatic rings. The molecule has 0 saturated heterocycles. The molecule has 0 aliphatic rings. The maximum atomic E-state index is 12.7. The van der Waals surface area contributed by atoms with Gasteiger partial charge in [-0.1, -0.05) is 6.08 Å². The molecule has 0 bridgehead atoms. The molecular weight excluding hydrogens is 209 g/mol. The van der Waals surface area contributed by atoms with Crippen LogP contribution in [0.2, 0.25) is 0 Å². The molecule has 0 spiro atoms. The summed E-state index contributed by atoms with van der Waals surface area (Å²) in [7, 11) is 0. The summed E-state index contributed by atoms with van der Waals surface area (Å²) in [4.78, 5) is 12.2. The lowest BCUT2D eigenvalue weighted by molar-refractivity contribution is -0.131. The number of carboxylic acids is 1. The lowest BCUT2D eigenvalue weighted by atomic mass is 10.2. The molecule has 1 N–H and O–H groups in total. The van der Waals surface area contributed by atoms with Crippen LogP contribution in [0.15, 0.2) is 36.4 Å². The second-order valence-electron chi connectivity index (χ2n) is 3.26. The Morgan fingerprint density at radius 3 is 2.56 bits per heavy atom. The molecule has 0 saturated carbocycles. The molecule has 16 heavy (non-hydrogen) atoms. The third kappa shape index (κ3) is 3.73. The van der Waals surface area contributed by atoms with Gasteiger partial charge in [-0.2, -0.15) is 0 Å². The highest BCUT2D eigenvalue weighted by Gasteiger charge is 2.02. The average molecular weight is 223 g/mol. The molecule has 0 atom stereocenters. The first kappa shape index (κ1) is 12.2. The predicted octanol–water partition coefficient (Wildman–Crippen LogP) is 2.29. The molecule has 0 amide bonds. The van der Waals surface area contributed by atoms with E-state index < -0.39 is 5.97 Å². The van der Waals surface area contributed by atoms with Crippen LogP contribution in [0.1, 0.15) is 6.92 Å². The number of likely N-dealkylation sites (N-methyl/N-ethyl adjacent to an activating group) is 1. The maximum absolute atomic E-state index is 12.7. The molecule has 0 unspecified atom stereocenters. The van der Waals surface area contributed by atoms with Crippen LogP contribution in [0.4, 0.5) is 10.1 Å². The summed E-state index contributed by atoms with van der Waals surface area (Å²) in [5, 5.41) is 8.45. The first-order valence-electron chi connectivity index (χ1n) is 5.03. The van der Waals surface area contributed by atoms with Gasteiger partial charge in [-0.05, 0) is 31.2 Å². The predicted molar refractivity (Wildman–Crippen MR) is 61.1 cm³/mol. The van der Waals surface area contributed by atoms with E-state index >= 15 is 0 Å². The number of halogens is 1. The minimum absolute atomic E-state index is 0.277. The fraction of sp³-hybridized carbons (Fsp3) is 0.250. The zero-order valence-corrected chi connectivity index (χ0v) is 9.06. The zero-order chi connectivity index (χ0) is 12.0. The third-order valence-electron chi connectivity index (χ3n) is 2.16. The number of aliphatic carboxylic acids is 1. The average Bonchev–Trinajstić information content (AvgIpc) is 2.26. The summed E-state index contributed by atoms with van der Waals surface area (Å²) in [5.74, 6) is -1.24. The van der Waals surface area contributed by atoms with Crippen molar-refractivity contribution in [2.45, 2.75) is 6.92 Å². The van der Waals surface area contributed by atoms with Crippen molar-refractivity contribution in [2.24, 2.45) is 0 Å². The molecule has 0 heterocycles. The van der Waals surface area contributed by atoms with Gasteiger partial charge >= 0.3 is 5.97 Å². The minimum Gasteiger partial charge on any atom is -0.478 e. The Bertz CT molecular complexity index is 373. The van der Waals surface area contributed by atoms with Gasteiger partial charge in [-0.25, -0.2) is 9.18 Å². The quantitative estimate of drug-likeness (QED) is 0.778. The van der Waals surface area contributed by atoms with Crippen molar-refractivity contribution in [3.63, 3.8) is 0 Å². The first-order chi connectivity index (χ1) is 7.63. The van der Waals surface area contributed by atoms with E-state index in [-0.39, 0.29) is 5.82 Å². The molecule has 1 aromatic carbocycles. The van der Waals surface area contributed by atoms with Crippen LogP contribution in [0.5, 0.6) is 0 Å². The Morgan fingerprint density at radius 2 is 2.06 bits per heavy atom. The smallest absolute Gasteiger partial charge is 0.328 e. The monoisotopic (exact) mass is 223 g/mol. The van der Waals surface area contributed by atoms with Gasteiger partial charge in [-0.15, -0.1) is 0 Å². The van der Waals surface area contributed by atoms with Gasteiger partial charge in [0.25, 0.3) is 0 Å². The van der Waals surface area contributed by atoms with Crippen molar-refractivity contribution in [3.8, 4) is 0 Å². The SMILES string of the molecule is CCN(C/C=C/C(=O)O)c1ccc(F)cc1. The van der Waals surface area contributed by atoms with Crippen molar-refractivity contribution in [1.82, 2.24) is 0 Å². The fourth-order valence-electron chi connectivity index (χ4n) is 1.35. The highest BCUT2D eigenvalue weighted by atomic mass is 19.1. The fourth-order valence-corrected chi connectivity index (χ4v) is 1.35. The van der Waals surface area contributed by atoms with Crippen molar-refractivity contribution in [1.29, 1.82) is 0 Å². The summed E-state index contributed by atoms with van der Waals surface area (Å²) < 4.78 is 12.7. The Labute approximate surface area is 93.8 Å². The molecule has 3 nitrogen and oxygen atoms in total. The largest absolute Gasteiger partial charge is 0.478 e. The summed E-state index contributed by atoms with van der Waals surface area (Å²) in [5.41, 5.74) is 0.874. The van der Waals surface area contributed by atoms with E-state index in [2.05, 4.69) is 0 Å². The molecule has 0 aliphatic heterocycles. The van der Waals surface area contributed by atoms with Crippen LogP contribution in [0.3, 0.4) is 0 Å². The highest BCUT2D eigenvalue weighted by molar-refractivity contribution is 5.79. The number of rotatable bonds is 5. The van der Waals surface area contributed by atoms with E-state index in [1.54, 1.807) is 18.2 Å². The lowest BCUT2D eigenvalue weighted by Crippen LogP contribution is -2.22. The van der Waals surface area contributed by atoms with E-state index in [1.807, 2.05) is 11.8 Å². The van der Waals surface area contributed by atoms with Crippen LogP contribution in [-0.4, -0.2) is 24.2 Å². The zero-order valence-electron chi connectivity index (χ0n) is 9.06. The second kappa shape index (κ2) is 5.90. The van der Waals surface area contributed by atoms with E-state index in [9.17, 15) is 9.18 Å². The van der Waals surface area contributed by atoms with Crippen LogP contribution in [-0.2, 0) is 4.79 Å². The van der Waals surface area contributed by atoms with Crippen molar-refractivity contribution < 1.29 is 14.3 Å². The highest BCUT2D eigenvalue weighted by Crippen LogP contribution is 2.14. The Kier molecular flexibility index (Phi) is 4.51. The number of hydrogen-bond acceptors (Lipinski definition) is 2. The van der Waals surface area contributed by atoms with Gasteiger partial charge in [0, 0.05) is 24.9 Å². The molecule has 1 rings (SSSR count). The van der Waals surface area contributed by atoms with Crippen molar-refractivity contribution >= 4 is 11.7 Å². The van der Waals surface area contributed by atoms with Crippen molar-refractivity contribution in [2.75, 3.05) is 18.0 Å². The van der Waals surface area contributed by atoms with Gasteiger partial charge in [0.2, 0.25) is 0 Å². The molecule has 0 fully saturated rings. The number of anilines is 1. The summed E-state index contributed by atoms with van der Waals surface area (Å²) >= 11 is 0. The van der Waals surface area contributed by atoms with E-state index in [0.717, 1.165) is 18.3 Å². The van der Waals surface area contributed by atoms with Gasteiger partial charge in [0.15, 0.2) is 0 Å². The normalized spacial score (nSPS) is 10.6. The van der Waals surface area contributed by atoms with Crippen LogP contribution < -0.4 is 4.90 Å². The summed E-state index contributed by atoms with van der Waals surface area (Å²) in [6.07, 6.45) is 2.67. The maximum Gasteiger partial charge on any atom is 0.328 e. The standard InChI is InChI=1S/C12H14FNO2/c1-2-14(9-3-4-12(15)16)11-7-5-10(13)6-8-11/h3-8H,2,9H2,1H3,(H,15,16)/b4-3+. The van der Waals surface area contributed by atoms with Gasteiger partial charge in [0.1, 0.15) is 5.82 Å². The molecule has 0 aromatic heterocycles. The van der Waals surface area contributed by atoms with E-state index in [4.69, 9.17) is 5.11 Å². The number of carbonyl (C=O) groups is 1. The summed E-state index contributed by atoms with van der Waals surface area (Å²) in [6.45, 7) is 3.18.